The molecule has 0 bridgehead atoms. The minimum Gasteiger partial charge on any atom is -0.491 e. The summed E-state index contributed by atoms with van der Waals surface area (Å²) in [6, 6.07) is 5.42. The van der Waals surface area contributed by atoms with E-state index in [1.54, 1.807) is 19.2 Å². The molecule has 0 amide bonds. The van der Waals surface area contributed by atoms with E-state index in [2.05, 4.69) is 32.9 Å². The van der Waals surface area contributed by atoms with E-state index in [0.717, 1.165) is 73.1 Å². The Morgan fingerprint density at radius 2 is 1.95 bits per heavy atom. The zero-order valence-electron chi connectivity index (χ0n) is 23.3. The van der Waals surface area contributed by atoms with Crippen LogP contribution < -0.4 is 15.0 Å². The molecular formula is C28H37ClN6O3S. The summed E-state index contributed by atoms with van der Waals surface area (Å²) in [7, 11) is 1.79. The number of ether oxygens (including phenoxy) is 1. The summed E-state index contributed by atoms with van der Waals surface area (Å²) in [5.74, 6) is 2.75. The van der Waals surface area contributed by atoms with Crippen LogP contribution in [0.3, 0.4) is 0 Å². The minimum absolute atomic E-state index is 0.162. The zero-order chi connectivity index (χ0) is 27.7. The second kappa shape index (κ2) is 11.6. The maximum absolute atomic E-state index is 10.1. The number of benzene rings is 1. The molecule has 9 nitrogen and oxygen atoms in total. The largest absolute Gasteiger partial charge is 0.491 e. The van der Waals surface area contributed by atoms with Crippen molar-refractivity contribution in [2.75, 3.05) is 57.5 Å². The topological polar surface area (TPSA) is 99.8 Å². The quantitative estimate of drug-likeness (QED) is 0.356. The molecule has 2 fully saturated rings. The Bertz CT molecular complexity index is 1300. The number of halogens is 1. The van der Waals surface area contributed by atoms with E-state index in [1.807, 2.05) is 31.9 Å². The summed E-state index contributed by atoms with van der Waals surface area (Å²) in [5.41, 5.74) is 4.57. The Hall–Kier alpha value is -2.37. The van der Waals surface area contributed by atoms with Gasteiger partial charge in [0.2, 0.25) is 0 Å². The van der Waals surface area contributed by atoms with E-state index < -0.39 is 6.10 Å². The highest BCUT2D eigenvalue weighted by molar-refractivity contribution is 7.96. The number of hydrogen-bond donors (Lipinski definition) is 2. The molecule has 210 valence electrons. The fourth-order valence-electron chi connectivity index (χ4n) is 5.59. The summed E-state index contributed by atoms with van der Waals surface area (Å²) >= 11 is 8.54. The molecule has 2 aliphatic heterocycles. The number of likely N-dealkylation sites (N-methyl/N-ethyl adjacent to an activating group) is 1. The third-order valence-electron chi connectivity index (χ3n) is 7.86. The van der Waals surface area contributed by atoms with Gasteiger partial charge < -0.3 is 24.6 Å². The molecule has 1 atom stereocenters. The first-order chi connectivity index (χ1) is 18.7. The van der Waals surface area contributed by atoms with Gasteiger partial charge in [0.25, 0.3) is 0 Å². The Morgan fingerprint density at radius 1 is 1.21 bits per heavy atom. The van der Waals surface area contributed by atoms with Crippen LogP contribution in [0.15, 0.2) is 22.7 Å². The van der Waals surface area contributed by atoms with Gasteiger partial charge in [-0.15, -0.1) is 0 Å². The van der Waals surface area contributed by atoms with E-state index in [4.69, 9.17) is 30.8 Å². The van der Waals surface area contributed by atoms with Gasteiger partial charge in [0, 0.05) is 49.3 Å². The van der Waals surface area contributed by atoms with Gasteiger partial charge >= 0.3 is 0 Å². The average molecular weight is 573 g/mol. The average Bonchev–Trinajstić information content (AvgIpc) is 3.24. The van der Waals surface area contributed by atoms with Crippen LogP contribution in [0.2, 0.25) is 5.02 Å². The third kappa shape index (κ3) is 5.76. The first-order valence-electron chi connectivity index (χ1n) is 13.3. The number of aryl methyl sites for hydroxylation is 2. The van der Waals surface area contributed by atoms with E-state index in [9.17, 15) is 5.11 Å². The number of piperidine rings is 1. The fraction of sp³-hybridized carbons (Fsp3) is 0.536. The second-order valence-electron chi connectivity index (χ2n) is 10.7. The molecule has 2 saturated heterocycles. The third-order valence-corrected chi connectivity index (χ3v) is 8.96. The lowest BCUT2D eigenvalue weighted by Crippen LogP contribution is -2.57. The van der Waals surface area contributed by atoms with Gasteiger partial charge in [-0.25, -0.2) is 14.3 Å². The van der Waals surface area contributed by atoms with Crippen molar-refractivity contribution in [1.82, 2.24) is 24.7 Å². The number of aliphatic hydroxyl groups excluding tert-OH is 1. The number of rotatable bonds is 9. The van der Waals surface area contributed by atoms with Crippen LogP contribution in [-0.2, 0) is 0 Å². The molecule has 2 aliphatic rings. The molecule has 1 aromatic carbocycles. The first kappa shape index (κ1) is 28.2. The number of aliphatic hydroxyl groups is 1. The van der Waals surface area contributed by atoms with Crippen molar-refractivity contribution in [3.8, 4) is 28.4 Å². The zero-order valence-corrected chi connectivity index (χ0v) is 24.8. The highest BCUT2D eigenvalue weighted by Gasteiger charge is 2.45. The smallest absolute Gasteiger partial charge is 0.163 e. The molecule has 3 aromatic rings. The van der Waals surface area contributed by atoms with Crippen LogP contribution in [0.4, 0.5) is 5.82 Å². The van der Waals surface area contributed by atoms with Crippen LogP contribution >= 0.6 is 23.5 Å². The van der Waals surface area contributed by atoms with Crippen LogP contribution in [0.25, 0.3) is 22.6 Å². The van der Waals surface area contributed by atoms with Crippen molar-refractivity contribution in [3.05, 3.63) is 40.2 Å². The van der Waals surface area contributed by atoms with Gasteiger partial charge in [0.15, 0.2) is 5.82 Å². The number of nitrogens with one attached hydrogen (secondary N) is 1. The van der Waals surface area contributed by atoms with Crippen molar-refractivity contribution in [2.45, 2.75) is 39.7 Å². The Kier molecular flexibility index (Phi) is 8.40. The lowest BCUT2D eigenvalue weighted by molar-refractivity contribution is 0.0522. The summed E-state index contributed by atoms with van der Waals surface area (Å²) in [6.45, 7) is 10.7. The summed E-state index contributed by atoms with van der Waals surface area (Å²) in [6.07, 6.45) is 3.81. The summed E-state index contributed by atoms with van der Waals surface area (Å²) in [4.78, 5) is 12.5. The molecule has 5 rings (SSSR count). The van der Waals surface area contributed by atoms with Crippen molar-refractivity contribution < 1.29 is 14.4 Å². The Morgan fingerprint density at radius 3 is 2.59 bits per heavy atom. The summed E-state index contributed by atoms with van der Waals surface area (Å²) in [5, 5.41) is 17.7. The second-order valence-corrected chi connectivity index (χ2v) is 12.0. The van der Waals surface area contributed by atoms with Crippen molar-refractivity contribution in [3.63, 3.8) is 0 Å². The van der Waals surface area contributed by atoms with E-state index >= 15 is 0 Å². The van der Waals surface area contributed by atoms with Gasteiger partial charge in [0.1, 0.15) is 30.0 Å². The number of nitrogens with zero attached hydrogens (tertiary/aromatic N) is 5. The lowest BCUT2D eigenvalue weighted by atomic mass is 9.73. The van der Waals surface area contributed by atoms with Gasteiger partial charge in [-0.2, -0.15) is 0 Å². The lowest BCUT2D eigenvalue weighted by Gasteiger charge is -2.53. The van der Waals surface area contributed by atoms with Gasteiger partial charge in [-0.1, -0.05) is 28.7 Å². The van der Waals surface area contributed by atoms with Crippen molar-refractivity contribution in [2.24, 2.45) is 5.41 Å². The molecule has 4 heterocycles. The SMILES string of the molecule is CNCC(O)COc1ccc(Cl)c(-c2nc(-c3c(C)noc3C)c(C)c(N3CCC4(CC3)CN(SC)C4)n2)c1. The Labute approximate surface area is 239 Å². The molecule has 39 heavy (non-hydrogen) atoms. The number of hydrogen-bond acceptors (Lipinski definition) is 10. The molecule has 0 aliphatic carbocycles. The maximum atomic E-state index is 10.1. The number of anilines is 1. The van der Waals surface area contributed by atoms with E-state index in [-0.39, 0.29) is 6.61 Å². The minimum atomic E-state index is -0.622. The summed E-state index contributed by atoms with van der Waals surface area (Å²) < 4.78 is 13.8. The van der Waals surface area contributed by atoms with E-state index in [0.29, 0.717) is 34.1 Å². The molecule has 11 heteroatoms. The van der Waals surface area contributed by atoms with Gasteiger partial charge in [-0.05, 0) is 65.1 Å². The van der Waals surface area contributed by atoms with E-state index in [1.165, 1.54) is 0 Å². The molecule has 1 spiro atoms. The van der Waals surface area contributed by atoms with Crippen LogP contribution in [0, 0.1) is 26.2 Å². The molecule has 2 aromatic heterocycles. The monoisotopic (exact) mass is 572 g/mol. The van der Waals surface area contributed by atoms with Crippen LogP contribution in [0.1, 0.15) is 29.9 Å². The molecule has 0 radical (unpaired) electrons. The molecule has 1 unspecified atom stereocenters. The molecule has 0 saturated carbocycles. The van der Waals surface area contributed by atoms with Crippen molar-refractivity contribution >= 4 is 29.4 Å². The van der Waals surface area contributed by atoms with Gasteiger partial charge in [-0.3, -0.25) is 0 Å². The highest BCUT2D eigenvalue weighted by atomic mass is 35.5. The molecule has 2 N–H and O–H groups in total. The predicted molar refractivity (Wildman–Crippen MR) is 157 cm³/mol. The normalized spacial score (nSPS) is 17.9. The highest BCUT2D eigenvalue weighted by Crippen LogP contribution is 2.44. The maximum Gasteiger partial charge on any atom is 0.163 e. The van der Waals surface area contributed by atoms with Crippen molar-refractivity contribution in [1.29, 1.82) is 0 Å². The molecular weight excluding hydrogens is 536 g/mol. The first-order valence-corrected chi connectivity index (χ1v) is 14.9. The predicted octanol–water partition coefficient (Wildman–Crippen LogP) is 4.52. The standard InChI is InChI=1S/C28H37ClN6O3S/c1-17-25(24-18(2)33-38-19(24)3)31-26(22-12-21(6-7-23(22)29)37-14-20(36)13-30-4)32-27(17)34-10-8-28(9-11-34)15-35(16-28)39-5/h6-7,12,20,30,36H,8-11,13-16H2,1-5H3. The Balaban J connectivity index is 1.51. The fourth-order valence-corrected chi connectivity index (χ4v) is 6.60. The van der Waals surface area contributed by atoms with Crippen LogP contribution in [-0.4, -0.2) is 83.3 Å². The number of aromatic nitrogens is 3. The van der Waals surface area contributed by atoms with Gasteiger partial charge in [0.05, 0.1) is 22.0 Å². The van der Waals surface area contributed by atoms with Crippen LogP contribution in [0.5, 0.6) is 5.75 Å².